The number of hydrogen-bond acceptors (Lipinski definition) is 3. The van der Waals surface area contributed by atoms with Gasteiger partial charge in [0.2, 0.25) is 0 Å². The van der Waals surface area contributed by atoms with Crippen LogP contribution in [0.5, 0.6) is 0 Å². The molecule has 0 saturated carbocycles. The van der Waals surface area contributed by atoms with Crippen molar-refractivity contribution >= 4 is 17.3 Å². The number of carbonyl (C=O) groups is 1. The van der Waals surface area contributed by atoms with Crippen LogP contribution < -0.4 is 0 Å². The Hall–Kier alpha value is -0.830. The molecule has 1 aromatic heterocycles. The van der Waals surface area contributed by atoms with Crippen LogP contribution in [-0.2, 0) is 9.53 Å². The van der Waals surface area contributed by atoms with E-state index in [9.17, 15) is 4.79 Å². The highest BCUT2D eigenvalue weighted by atomic mass is 32.1. The first-order valence-corrected chi connectivity index (χ1v) is 5.16. The lowest BCUT2D eigenvalue weighted by Gasteiger charge is -2.16. The number of carbonyl (C=O) groups excluding carboxylic acids is 1. The first-order valence-electron chi connectivity index (χ1n) is 4.28. The average Bonchev–Trinajstić information content (AvgIpc) is 2.56. The van der Waals surface area contributed by atoms with E-state index in [4.69, 9.17) is 4.74 Å². The predicted molar refractivity (Wildman–Crippen MR) is 53.9 cm³/mol. The molecule has 0 aliphatic rings. The van der Waals surface area contributed by atoms with Gasteiger partial charge in [-0.1, -0.05) is 19.9 Å². The molecule has 1 heterocycles. The van der Waals surface area contributed by atoms with Gasteiger partial charge in [-0.15, -0.1) is 11.3 Å². The Morgan fingerprint density at radius 3 is 2.62 bits per heavy atom. The number of ether oxygens (including phenoxy) is 1. The Morgan fingerprint density at radius 2 is 2.23 bits per heavy atom. The van der Waals surface area contributed by atoms with Crippen LogP contribution in [0.15, 0.2) is 17.5 Å². The SMILES string of the molecule is COC(=O)C(c1cccs1)C(C)C. The maximum Gasteiger partial charge on any atom is 0.314 e. The van der Waals surface area contributed by atoms with Crippen molar-refractivity contribution in [2.45, 2.75) is 19.8 Å². The van der Waals surface area contributed by atoms with Crippen molar-refractivity contribution in [1.82, 2.24) is 0 Å². The van der Waals surface area contributed by atoms with E-state index in [1.807, 2.05) is 31.4 Å². The number of rotatable bonds is 3. The van der Waals surface area contributed by atoms with E-state index < -0.39 is 0 Å². The molecule has 3 heteroatoms. The zero-order valence-electron chi connectivity index (χ0n) is 8.11. The Balaban J connectivity index is 2.87. The number of methoxy groups -OCH3 is 1. The van der Waals surface area contributed by atoms with Crippen LogP contribution >= 0.6 is 11.3 Å². The van der Waals surface area contributed by atoms with Crippen molar-refractivity contribution in [1.29, 1.82) is 0 Å². The second kappa shape index (κ2) is 4.42. The second-order valence-electron chi connectivity index (χ2n) is 3.26. The van der Waals surface area contributed by atoms with Crippen LogP contribution in [0, 0.1) is 5.92 Å². The monoisotopic (exact) mass is 198 g/mol. The third kappa shape index (κ3) is 2.31. The molecule has 0 aromatic carbocycles. The van der Waals surface area contributed by atoms with Gasteiger partial charge in [-0.25, -0.2) is 0 Å². The summed E-state index contributed by atoms with van der Waals surface area (Å²) in [6.45, 7) is 4.06. The van der Waals surface area contributed by atoms with Crippen molar-refractivity contribution in [3.63, 3.8) is 0 Å². The summed E-state index contributed by atoms with van der Waals surface area (Å²) in [6, 6.07) is 3.94. The van der Waals surface area contributed by atoms with Gasteiger partial charge in [0.05, 0.1) is 13.0 Å². The van der Waals surface area contributed by atoms with Gasteiger partial charge in [0, 0.05) is 4.88 Å². The van der Waals surface area contributed by atoms with E-state index in [1.54, 1.807) is 11.3 Å². The molecule has 1 rings (SSSR count). The molecule has 0 amide bonds. The normalized spacial score (nSPS) is 12.9. The highest BCUT2D eigenvalue weighted by Gasteiger charge is 2.25. The van der Waals surface area contributed by atoms with Crippen LogP contribution in [0.3, 0.4) is 0 Å². The second-order valence-corrected chi connectivity index (χ2v) is 4.24. The average molecular weight is 198 g/mol. The minimum atomic E-state index is -0.141. The summed E-state index contributed by atoms with van der Waals surface area (Å²) in [4.78, 5) is 12.5. The predicted octanol–water partition coefficient (Wildman–Crippen LogP) is 2.66. The topological polar surface area (TPSA) is 26.3 Å². The van der Waals surface area contributed by atoms with Crippen molar-refractivity contribution in [2.75, 3.05) is 7.11 Å². The minimum absolute atomic E-state index is 0.106. The smallest absolute Gasteiger partial charge is 0.314 e. The fraction of sp³-hybridized carbons (Fsp3) is 0.500. The maximum atomic E-state index is 11.4. The van der Waals surface area contributed by atoms with E-state index in [1.165, 1.54) is 7.11 Å². The zero-order valence-corrected chi connectivity index (χ0v) is 8.93. The number of thiophene rings is 1. The third-order valence-corrected chi connectivity index (χ3v) is 2.93. The van der Waals surface area contributed by atoms with Crippen molar-refractivity contribution in [3.8, 4) is 0 Å². The molecule has 0 fully saturated rings. The number of hydrogen-bond donors (Lipinski definition) is 0. The first-order chi connectivity index (χ1) is 6.16. The van der Waals surface area contributed by atoms with Crippen molar-refractivity contribution in [2.24, 2.45) is 5.92 Å². The molecular formula is C10H14O2S. The molecule has 0 aliphatic heterocycles. The highest BCUT2D eigenvalue weighted by molar-refractivity contribution is 7.10. The quantitative estimate of drug-likeness (QED) is 0.698. The van der Waals surface area contributed by atoms with Gasteiger partial charge in [-0.2, -0.15) is 0 Å². The van der Waals surface area contributed by atoms with Gasteiger partial charge in [-0.05, 0) is 17.4 Å². The van der Waals surface area contributed by atoms with Gasteiger partial charge in [0.15, 0.2) is 0 Å². The van der Waals surface area contributed by atoms with Crippen molar-refractivity contribution in [3.05, 3.63) is 22.4 Å². The van der Waals surface area contributed by atoms with Gasteiger partial charge in [0.25, 0.3) is 0 Å². The van der Waals surface area contributed by atoms with Crippen molar-refractivity contribution < 1.29 is 9.53 Å². The summed E-state index contributed by atoms with van der Waals surface area (Å²) < 4.78 is 4.77. The van der Waals surface area contributed by atoms with E-state index in [0.29, 0.717) is 0 Å². The largest absolute Gasteiger partial charge is 0.469 e. The molecule has 0 saturated heterocycles. The molecule has 13 heavy (non-hydrogen) atoms. The summed E-state index contributed by atoms with van der Waals surface area (Å²) >= 11 is 1.60. The standard InChI is InChI=1S/C10H14O2S/c1-7(2)9(10(11)12-3)8-5-4-6-13-8/h4-7,9H,1-3H3. The molecule has 2 nitrogen and oxygen atoms in total. The van der Waals surface area contributed by atoms with E-state index in [2.05, 4.69) is 0 Å². The molecule has 1 aromatic rings. The third-order valence-electron chi connectivity index (χ3n) is 1.97. The Bertz CT molecular complexity index is 264. The van der Waals surface area contributed by atoms with Crippen LogP contribution in [0.2, 0.25) is 0 Å². The fourth-order valence-corrected chi connectivity index (χ4v) is 2.30. The van der Waals surface area contributed by atoms with Gasteiger partial charge < -0.3 is 4.74 Å². The van der Waals surface area contributed by atoms with Crippen LogP contribution in [-0.4, -0.2) is 13.1 Å². The first kappa shape index (κ1) is 10.3. The van der Waals surface area contributed by atoms with Gasteiger partial charge >= 0.3 is 5.97 Å². The van der Waals surface area contributed by atoms with Crippen LogP contribution in [0.25, 0.3) is 0 Å². The zero-order chi connectivity index (χ0) is 9.84. The van der Waals surface area contributed by atoms with E-state index >= 15 is 0 Å². The lowest BCUT2D eigenvalue weighted by atomic mass is 9.94. The fourth-order valence-electron chi connectivity index (χ4n) is 1.31. The lowest BCUT2D eigenvalue weighted by Crippen LogP contribution is -2.18. The molecule has 0 N–H and O–H groups in total. The van der Waals surface area contributed by atoms with Crippen LogP contribution in [0.4, 0.5) is 0 Å². The molecule has 0 bridgehead atoms. The molecule has 1 atom stereocenters. The molecule has 1 unspecified atom stereocenters. The molecular weight excluding hydrogens is 184 g/mol. The van der Waals surface area contributed by atoms with Gasteiger partial charge in [-0.3, -0.25) is 4.79 Å². The number of esters is 1. The molecule has 0 spiro atoms. The van der Waals surface area contributed by atoms with Crippen LogP contribution in [0.1, 0.15) is 24.6 Å². The maximum absolute atomic E-state index is 11.4. The molecule has 0 radical (unpaired) electrons. The summed E-state index contributed by atoms with van der Waals surface area (Å²) in [7, 11) is 1.44. The Labute approximate surface area is 82.5 Å². The molecule has 72 valence electrons. The Kier molecular flexibility index (Phi) is 3.48. The summed E-state index contributed by atoms with van der Waals surface area (Å²) in [5.74, 6) is 0.0357. The summed E-state index contributed by atoms with van der Waals surface area (Å²) in [5, 5.41) is 1.98. The Morgan fingerprint density at radius 1 is 1.54 bits per heavy atom. The summed E-state index contributed by atoms with van der Waals surface area (Å²) in [6.07, 6.45) is 0. The minimum Gasteiger partial charge on any atom is -0.469 e. The summed E-state index contributed by atoms with van der Waals surface area (Å²) in [5.41, 5.74) is 0. The lowest BCUT2D eigenvalue weighted by molar-refractivity contribution is -0.143. The molecule has 0 aliphatic carbocycles. The van der Waals surface area contributed by atoms with Gasteiger partial charge in [0.1, 0.15) is 0 Å². The highest BCUT2D eigenvalue weighted by Crippen LogP contribution is 2.29. The van der Waals surface area contributed by atoms with E-state index in [0.717, 1.165) is 4.88 Å². The van der Waals surface area contributed by atoms with E-state index in [-0.39, 0.29) is 17.8 Å².